The number of methoxy groups -OCH3 is 5. The molecule has 1 amide bonds. The van der Waals surface area contributed by atoms with Crippen LogP contribution in [0.3, 0.4) is 0 Å². The molecule has 0 aromatic heterocycles. The van der Waals surface area contributed by atoms with Gasteiger partial charge >= 0.3 is 0 Å². The molecule has 0 aliphatic carbocycles. The van der Waals surface area contributed by atoms with Crippen molar-refractivity contribution in [2.45, 2.75) is 0 Å². The molecule has 0 aliphatic heterocycles. The number of nitrogens with one attached hydrogen (secondary N) is 1. The molecule has 3 aromatic carbocycles. The van der Waals surface area contributed by atoms with Crippen LogP contribution in [-0.4, -0.2) is 48.1 Å². The molecule has 0 unspecified atom stereocenters. The molecule has 0 saturated carbocycles. The SMILES string of the molecule is C=CCOc1cccc(/C=C/C(=O)Nc2c(C=Cc3cc(OC)c(OC)c(OC)c3)ccc(OC)c2OC)c1. The molecule has 0 bridgehead atoms. The second-order valence-corrected chi connectivity index (χ2v) is 8.05. The summed E-state index contributed by atoms with van der Waals surface area (Å²) in [6, 6.07) is 14.7. The molecule has 0 radical (unpaired) electrons. The number of amides is 1. The fraction of sp³-hybridized carbons (Fsp3) is 0.194. The lowest BCUT2D eigenvalue weighted by Crippen LogP contribution is -2.11. The van der Waals surface area contributed by atoms with Gasteiger partial charge in [-0.1, -0.05) is 36.9 Å². The number of benzene rings is 3. The monoisotopic (exact) mass is 531 g/mol. The maximum absolute atomic E-state index is 13.0. The van der Waals surface area contributed by atoms with Gasteiger partial charge in [-0.3, -0.25) is 4.79 Å². The number of carbonyl (C=O) groups is 1. The van der Waals surface area contributed by atoms with Crippen LogP contribution in [0.1, 0.15) is 16.7 Å². The lowest BCUT2D eigenvalue weighted by Gasteiger charge is -2.16. The topological polar surface area (TPSA) is 84.5 Å². The predicted octanol–water partition coefficient (Wildman–Crippen LogP) is 6.12. The summed E-state index contributed by atoms with van der Waals surface area (Å²) in [4.78, 5) is 13.0. The second-order valence-electron chi connectivity index (χ2n) is 8.05. The van der Waals surface area contributed by atoms with E-state index in [0.29, 0.717) is 52.4 Å². The van der Waals surface area contributed by atoms with Gasteiger partial charge in [0.1, 0.15) is 12.4 Å². The van der Waals surface area contributed by atoms with Crippen molar-refractivity contribution in [1.29, 1.82) is 0 Å². The van der Waals surface area contributed by atoms with Gasteiger partial charge in [-0.05, 0) is 53.6 Å². The van der Waals surface area contributed by atoms with Crippen molar-refractivity contribution in [1.82, 2.24) is 0 Å². The van der Waals surface area contributed by atoms with Crippen molar-refractivity contribution in [3.8, 4) is 34.5 Å². The van der Waals surface area contributed by atoms with Crippen LogP contribution < -0.4 is 33.7 Å². The Bertz CT molecular complexity index is 1340. The number of hydrogen-bond donors (Lipinski definition) is 1. The van der Waals surface area contributed by atoms with E-state index >= 15 is 0 Å². The van der Waals surface area contributed by atoms with Crippen LogP contribution in [0.25, 0.3) is 18.2 Å². The van der Waals surface area contributed by atoms with Crippen molar-refractivity contribution in [3.63, 3.8) is 0 Å². The number of rotatable bonds is 13. The van der Waals surface area contributed by atoms with E-state index in [1.165, 1.54) is 20.3 Å². The molecule has 39 heavy (non-hydrogen) atoms. The molecule has 8 nitrogen and oxygen atoms in total. The van der Waals surface area contributed by atoms with Crippen molar-refractivity contribution in [2.24, 2.45) is 0 Å². The number of anilines is 1. The van der Waals surface area contributed by atoms with E-state index in [9.17, 15) is 4.79 Å². The van der Waals surface area contributed by atoms with Crippen LogP contribution in [-0.2, 0) is 4.79 Å². The fourth-order valence-electron chi connectivity index (χ4n) is 3.79. The molecule has 0 aliphatic rings. The predicted molar refractivity (Wildman–Crippen MR) is 154 cm³/mol. The fourth-order valence-corrected chi connectivity index (χ4v) is 3.79. The summed E-state index contributed by atoms with van der Waals surface area (Å²) in [7, 11) is 7.73. The Morgan fingerprint density at radius 1 is 0.769 bits per heavy atom. The molecule has 0 saturated heterocycles. The Balaban J connectivity index is 1.92. The lowest BCUT2D eigenvalue weighted by atomic mass is 10.1. The minimum absolute atomic E-state index is 0.346. The Labute approximate surface area is 229 Å². The second kappa shape index (κ2) is 14.2. The summed E-state index contributed by atoms with van der Waals surface area (Å²) >= 11 is 0. The summed E-state index contributed by atoms with van der Waals surface area (Å²) in [5.41, 5.74) is 2.77. The minimum atomic E-state index is -0.346. The first-order valence-corrected chi connectivity index (χ1v) is 12.0. The van der Waals surface area contributed by atoms with Gasteiger partial charge < -0.3 is 33.7 Å². The lowest BCUT2D eigenvalue weighted by molar-refractivity contribution is -0.111. The minimum Gasteiger partial charge on any atom is -0.493 e. The third-order valence-corrected chi connectivity index (χ3v) is 5.62. The molecular weight excluding hydrogens is 498 g/mol. The van der Waals surface area contributed by atoms with E-state index in [1.807, 2.05) is 54.6 Å². The maximum Gasteiger partial charge on any atom is 0.248 e. The Kier molecular flexibility index (Phi) is 10.4. The van der Waals surface area contributed by atoms with Gasteiger partial charge in [-0.15, -0.1) is 0 Å². The Hall–Kier alpha value is -4.85. The molecule has 204 valence electrons. The summed E-state index contributed by atoms with van der Waals surface area (Å²) in [6.07, 6.45) is 8.53. The summed E-state index contributed by atoms with van der Waals surface area (Å²) in [5, 5.41) is 2.93. The van der Waals surface area contributed by atoms with Crippen LogP contribution in [0, 0.1) is 0 Å². The van der Waals surface area contributed by atoms with E-state index in [2.05, 4.69) is 11.9 Å². The standard InChI is InChI=1S/C31H33NO7/c1-7-17-39-24-10-8-9-21(18-24)12-16-28(33)32-29-23(14-15-25(34-2)31(29)38-6)13-11-22-19-26(35-3)30(37-5)27(20-22)36-4/h7-16,18-20H,1,17H2,2-6H3,(H,32,33)/b13-11?,16-12+. The zero-order chi connectivity index (χ0) is 28.2. The average Bonchev–Trinajstić information content (AvgIpc) is 2.97. The van der Waals surface area contributed by atoms with Crippen molar-refractivity contribution >= 4 is 29.8 Å². The smallest absolute Gasteiger partial charge is 0.248 e. The van der Waals surface area contributed by atoms with E-state index in [0.717, 1.165) is 11.1 Å². The van der Waals surface area contributed by atoms with Gasteiger partial charge in [0.2, 0.25) is 11.7 Å². The van der Waals surface area contributed by atoms with Crippen molar-refractivity contribution in [3.05, 3.63) is 84.0 Å². The number of ether oxygens (including phenoxy) is 6. The largest absolute Gasteiger partial charge is 0.493 e. The highest BCUT2D eigenvalue weighted by Crippen LogP contribution is 2.41. The van der Waals surface area contributed by atoms with Crippen LogP contribution in [0.4, 0.5) is 5.69 Å². The van der Waals surface area contributed by atoms with Gasteiger partial charge in [-0.2, -0.15) is 0 Å². The zero-order valence-electron chi connectivity index (χ0n) is 22.8. The summed E-state index contributed by atoms with van der Waals surface area (Å²) in [6.45, 7) is 4.05. The summed E-state index contributed by atoms with van der Waals surface area (Å²) in [5.74, 6) is 2.77. The van der Waals surface area contributed by atoms with E-state index < -0.39 is 0 Å². The molecule has 0 heterocycles. The van der Waals surface area contributed by atoms with Gasteiger partial charge in [0.25, 0.3) is 0 Å². The highest BCUT2D eigenvalue weighted by molar-refractivity contribution is 6.04. The summed E-state index contributed by atoms with van der Waals surface area (Å²) < 4.78 is 32.9. The molecule has 0 fully saturated rings. The van der Waals surface area contributed by atoms with Crippen LogP contribution in [0.5, 0.6) is 34.5 Å². The van der Waals surface area contributed by atoms with Gasteiger partial charge in [0.05, 0.1) is 41.2 Å². The molecular formula is C31H33NO7. The average molecular weight is 532 g/mol. The van der Waals surface area contributed by atoms with E-state index in [4.69, 9.17) is 28.4 Å². The first-order valence-electron chi connectivity index (χ1n) is 12.0. The van der Waals surface area contributed by atoms with Gasteiger partial charge in [0.15, 0.2) is 23.0 Å². The zero-order valence-corrected chi connectivity index (χ0v) is 22.8. The first-order chi connectivity index (χ1) is 19.0. The molecule has 0 spiro atoms. The van der Waals surface area contributed by atoms with Crippen molar-refractivity contribution in [2.75, 3.05) is 47.5 Å². The normalized spacial score (nSPS) is 10.8. The Morgan fingerprint density at radius 2 is 1.46 bits per heavy atom. The maximum atomic E-state index is 13.0. The van der Waals surface area contributed by atoms with E-state index in [1.54, 1.807) is 39.5 Å². The number of hydrogen-bond acceptors (Lipinski definition) is 7. The molecule has 3 rings (SSSR count). The third kappa shape index (κ3) is 7.35. The quantitative estimate of drug-likeness (QED) is 0.162. The number of carbonyl (C=O) groups excluding carboxylic acids is 1. The van der Waals surface area contributed by atoms with E-state index in [-0.39, 0.29) is 5.91 Å². The molecule has 0 atom stereocenters. The van der Waals surface area contributed by atoms with Crippen molar-refractivity contribution < 1.29 is 33.2 Å². The molecule has 8 heteroatoms. The molecule has 1 N–H and O–H groups in total. The highest BCUT2D eigenvalue weighted by atomic mass is 16.5. The third-order valence-electron chi connectivity index (χ3n) is 5.62. The van der Waals surface area contributed by atoms with Crippen LogP contribution in [0.2, 0.25) is 0 Å². The first kappa shape index (κ1) is 28.7. The highest BCUT2D eigenvalue weighted by Gasteiger charge is 2.16. The Morgan fingerprint density at radius 3 is 2.08 bits per heavy atom. The molecule has 3 aromatic rings. The van der Waals surface area contributed by atoms with Gasteiger partial charge in [-0.25, -0.2) is 0 Å². The van der Waals surface area contributed by atoms with Gasteiger partial charge in [0, 0.05) is 11.6 Å². The van der Waals surface area contributed by atoms with Crippen LogP contribution in [0.15, 0.2) is 67.3 Å². The van der Waals surface area contributed by atoms with Crippen LogP contribution >= 0.6 is 0 Å².